The van der Waals surface area contributed by atoms with Gasteiger partial charge in [-0.05, 0) is 13.3 Å². The first-order valence-corrected chi connectivity index (χ1v) is 10.5. The molecular formula is C21H39O4-. The highest BCUT2D eigenvalue weighted by Crippen LogP contribution is 2.13. The van der Waals surface area contributed by atoms with Crippen LogP contribution in [0.25, 0.3) is 0 Å². The largest absolute Gasteiger partial charge is 0.546 e. The Morgan fingerprint density at radius 3 is 1.44 bits per heavy atom. The fraction of sp³-hybridized carbons (Fsp3) is 0.905. The number of ether oxygens (including phenoxy) is 1. The molecule has 1 atom stereocenters. The summed E-state index contributed by atoms with van der Waals surface area (Å²) < 4.78 is 4.73. The minimum Gasteiger partial charge on any atom is -0.546 e. The van der Waals surface area contributed by atoms with Crippen molar-refractivity contribution in [3.8, 4) is 0 Å². The molecule has 4 heteroatoms. The maximum atomic E-state index is 11.4. The molecule has 0 fully saturated rings. The van der Waals surface area contributed by atoms with Crippen LogP contribution in [0.3, 0.4) is 0 Å². The molecule has 0 heterocycles. The van der Waals surface area contributed by atoms with E-state index in [9.17, 15) is 14.7 Å². The lowest BCUT2D eigenvalue weighted by atomic mass is 10.0. The van der Waals surface area contributed by atoms with Gasteiger partial charge in [-0.25, -0.2) is 0 Å². The Kier molecular flexibility index (Phi) is 17.0. The van der Waals surface area contributed by atoms with Crippen molar-refractivity contribution in [3.05, 3.63) is 0 Å². The number of carbonyl (C=O) groups excluding carboxylic acids is 2. The van der Waals surface area contributed by atoms with Crippen LogP contribution in [-0.2, 0) is 14.3 Å². The van der Waals surface area contributed by atoms with Crippen LogP contribution in [0.2, 0.25) is 0 Å². The molecule has 0 saturated carbocycles. The molecule has 0 aliphatic rings. The lowest BCUT2D eigenvalue weighted by Gasteiger charge is -2.13. The van der Waals surface area contributed by atoms with Gasteiger partial charge in [-0.3, -0.25) is 4.79 Å². The molecule has 25 heavy (non-hydrogen) atoms. The lowest BCUT2D eigenvalue weighted by Crippen LogP contribution is -2.36. The van der Waals surface area contributed by atoms with Crippen LogP contribution < -0.4 is 5.11 Å². The molecule has 0 aliphatic carbocycles. The maximum absolute atomic E-state index is 11.4. The number of rotatable bonds is 18. The maximum Gasteiger partial charge on any atom is 0.306 e. The molecule has 0 aromatic heterocycles. The molecule has 148 valence electrons. The Hall–Kier alpha value is -1.06. The van der Waals surface area contributed by atoms with E-state index in [0.717, 1.165) is 19.3 Å². The number of hydrogen-bond donors (Lipinski definition) is 0. The molecule has 0 bridgehead atoms. The summed E-state index contributed by atoms with van der Waals surface area (Å²) in [6, 6.07) is 0. The standard InChI is InChI=1S/C21H40O4/c1-3-4-5-6-7-8-9-10-11-12-13-14-15-16-17-18-20(22)25-19(2)21(23)24/h19H,3-18H2,1-2H3,(H,23,24)/p-1. The van der Waals surface area contributed by atoms with Crippen molar-refractivity contribution < 1.29 is 19.4 Å². The van der Waals surface area contributed by atoms with Crippen molar-refractivity contribution in [1.82, 2.24) is 0 Å². The molecule has 0 spiro atoms. The first-order valence-electron chi connectivity index (χ1n) is 10.5. The smallest absolute Gasteiger partial charge is 0.306 e. The minimum absolute atomic E-state index is 0.301. The summed E-state index contributed by atoms with van der Waals surface area (Å²) in [5, 5.41) is 10.5. The summed E-state index contributed by atoms with van der Waals surface area (Å²) in [6.45, 7) is 3.58. The van der Waals surface area contributed by atoms with E-state index in [-0.39, 0.29) is 0 Å². The number of aliphatic carboxylic acids is 1. The van der Waals surface area contributed by atoms with Gasteiger partial charge in [0.25, 0.3) is 0 Å². The molecule has 0 aromatic carbocycles. The summed E-state index contributed by atoms with van der Waals surface area (Å²) in [5.41, 5.74) is 0. The Morgan fingerprint density at radius 1 is 0.720 bits per heavy atom. The van der Waals surface area contributed by atoms with Crippen LogP contribution in [0.5, 0.6) is 0 Å². The molecule has 0 amide bonds. The summed E-state index contributed by atoms with van der Waals surface area (Å²) in [7, 11) is 0. The topological polar surface area (TPSA) is 66.4 Å². The number of carbonyl (C=O) groups is 2. The van der Waals surface area contributed by atoms with Gasteiger partial charge in [-0.2, -0.15) is 0 Å². The molecule has 0 saturated heterocycles. The van der Waals surface area contributed by atoms with Gasteiger partial charge in [0.1, 0.15) is 6.10 Å². The predicted molar refractivity (Wildman–Crippen MR) is 100 cm³/mol. The average molecular weight is 356 g/mol. The zero-order valence-corrected chi connectivity index (χ0v) is 16.5. The van der Waals surface area contributed by atoms with Crippen molar-refractivity contribution in [2.45, 2.75) is 123 Å². The second kappa shape index (κ2) is 17.8. The van der Waals surface area contributed by atoms with Crippen molar-refractivity contribution in [3.63, 3.8) is 0 Å². The van der Waals surface area contributed by atoms with Gasteiger partial charge in [0.2, 0.25) is 0 Å². The van der Waals surface area contributed by atoms with Gasteiger partial charge in [0, 0.05) is 6.42 Å². The Labute approximate surface area is 154 Å². The molecule has 0 aromatic rings. The molecule has 1 unspecified atom stereocenters. The van der Waals surface area contributed by atoms with Crippen LogP contribution in [0.15, 0.2) is 0 Å². The highest BCUT2D eigenvalue weighted by molar-refractivity contribution is 5.76. The second-order valence-electron chi connectivity index (χ2n) is 7.15. The van der Waals surface area contributed by atoms with Gasteiger partial charge < -0.3 is 14.6 Å². The first kappa shape index (κ1) is 23.9. The Balaban J connectivity index is 3.19. The quantitative estimate of drug-likeness (QED) is 0.258. The van der Waals surface area contributed by atoms with Crippen molar-refractivity contribution in [2.75, 3.05) is 0 Å². The van der Waals surface area contributed by atoms with Crippen LogP contribution in [0.1, 0.15) is 117 Å². The minimum atomic E-state index is -1.34. The van der Waals surface area contributed by atoms with Crippen LogP contribution in [-0.4, -0.2) is 18.0 Å². The molecule has 0 radical (unpaired) electrons. The normalized spacial score (nSPS) is 12.1. The van der Waals surface area contributed by atoms with Gasteiger partial charge in [0.15, 0.2) is 0 Å². The third kappa shape index (κ3) is 17.6. The molecule has 0 aliphatic heterocycles. The number of carboxylic acids is 1. The molecule has 0 rings (SSSR count). The van der Waals surface area contributed by atoms with E-state index in [1.807, 2.05) is 0 Å². The first-order chi connectivity index (χ1) is 12.1. The highest BCUT2D eigenvalue weighted by atomic mass is 16.6. The van der Waals surface area contributed by atoms with E-state index in [1.165, 1.54) is 84.0 Å². The third-order valence-electron chi connectivity index (χ3n) is 4.62. The van der Waals surface area contributed by atoms with Crippen molar-refractivity contribution in [1.29, 1.82) is 0 Å². The summed E-state index contributed by atoms with van der Waals surface area (Å²) >= 11 is 0. The molecule has 4 nitrogen and oxygen atoms in total. The zero-order valence-electron chi connectivity index (χ0n) is 16.5. The van der Waals surface area contributed by atoms with Crippen LogP contribution >= 0.6 is 0 Å². The van der Waals surface area contributed by atoms with E-state index in [0.29, 0.717) is 6.42 Å². The van der Waals surface area contributed by atoms with Crippen LogP contribution in [0.4, 0.5) is 0 Å². The summed E-state index contributed by atoms with van der Waals surface area (Å²) in [5.74, 6) is -1.78. The fourth-order valence-electron chi connectivity index (χ4n) is 2.94. The van der Waals surface area contributed by atoms with E-state index < -0.39 is 18.0 Å². The van der Waals surface area contributed by atoms with Gasteiger partial charge in [-0.15, -0.1) is 0 Å². The van der Waals surface area contributed by atoms with Gasteiger partial charge in [0.05, 0.1) is 5.97 Å². The fourth-order valence-corrected chi connectivity index (χ4v) is 2.94. The van der Waals surface area contributed by atoms with Gasteiger partial charge in [-0.1, -0.05) is 96.8 Å². The number of carboxylic acid groups (broad SMARTS) is 1. The second-order valence-corrected chi connectivity index (χ2v) is 7.15. The van der Waals surface area contributed by atoms with E-state index in [1.54, 1.807) is 0 Å². The summed E-state index contributed by atoms with van der Waals surface area (Å²) in [4.78, 5) is 21.8. The number of unbranched alkanes of at least 4 members (excludes halogenated alkanes) is 14. The average Bonchev–Trinajstić information content (AvgIpc) is 2.58. The molecule has 0 N–H and O–H groups in total. The van der Waals surface area contributed by atoms with Gasteiger partial charge >= 0.3 is 5.97 Å². The van der Waals surface area contributed by atoms with Crippen molar-refractivity contribution >= 4 is 11.9 Å². The predicted octanol–water partition coefficient (Wildman–Crippen LogP) is 4.93. The van der Waals surface area contributed by atoms with Crippen molar-refractivity contribution in [2.24, 2.45) is 0 Å². The number of esters is 1. The Bertz CT molecular complexity index is 328. The highest BCUT2D eigenvalue weighted by Gasteiger charge is 2.09. The molecular weight excluding hydrogens is 316 g/mol. The van der Waals surface area contributed by atoms with Crippen LogP contribution in [0, 0.1) is 0 Å². The lowest BCUT2D eigenvalue weighted by molar-refractivity contribution is -0.314. The monoisotopic (exact) mass is 355 g/mol. The number of hydrogen-bond acceptors (Lipinski definition) is 4. The Morgan fingerprint density at radius 2 is 1.08 bits per heavy atom. The zero-order chi connectivity index (χ0) is 18.8. The summed E-state index contributed by atoms with van der Waals surface area (Å²) in [6.07, 6.45) is 18.3. The van der Waals surface area contributed by atoms with E-state index in [2.05, 4.69) is 6.92 Å². The SMILES string of the molecule is CCCCCCCCCCCCCCCCCC(=O)OC(C)C(=O)[O-]. The van der Waals surface area contributed by atoms with E-state index in [4.69, 9.17) is 4.74 Å². The van der Waals surface area contributed by atoms with E-state index >= 15 is 0 Å². The third-order valence-corrected chi connectivity index (χ3v) is 4.62.